The van der Waals surface area contributed by atoms with Gasteiger partial charge in [-0.1, -0.05) is 21.3 Å². The zero-order valence-electron chi connectivity index (χ0n) is 7.09. The average molecular weight is 694 g/mol. The van der Waals surface area contributed by atoms with E-state index in [1.54, 1.807) is 0 Å². The van der Waals surface area contributed by atoms with Crippen molar-refractivity contribution < 1.29 is 63.2 Å². The summed E-state index contributed by atoms with van der Waals surface area (Å²) in [6.45, 7) is 4.00. The minimum Gasteiger partial charge on any atom is -0.333 e. The molecule has 0 radical (unpaired) electrons. The molecule has 2 nitrogen and oxygen atoms in total. The van der Waals surface area contributed by atoms with Crippen LogP contribution in [0.4, 0.5) is 0 Å². The zero-order valence-corrected chi connectivity index (χ0v) is 17.3. The molecule has 0 aliphatic carbocycles. The Hall–Kier alpha value is 2.41. The van der Waals surface area contributed by atoms with Crippen LogP contribution >= 0.6 is 9.90 Å². The van der Waals surface area contributed by atoms with Gasteiger partial charge in [-0.3, -0.25) is 0 Å². The summed E-state index contributed by atoms with van der Waals surface area (Å²) in [5.41, 5.74) is 9.00. The van der Waals surface area contributed by atoms with Crippen molar-refractivity contribution in [2.75, 3.05) is 14.1 Å². The summed E-state index contributed by atoms with van der Waals surface area (Å²) >= 11 is 0. The summed E-state index contributed by atoms with van der Waals surface area (Å²) < 4.78 is 0. The van der Waals surface area contributed by atoms with Gasteiger partial charge < -0.3 is 11.5 Å². The fourth-order valence-corrected chi connectivity index (χ4v) is 0. The standard InChI is InChI=1S/C2H6.2CH5N.CH4.H3P.3W/c3*1-2;;;;;/h1-2H3;2*2H2,1H3;1H4;1H3;;;. The smallest absolute Gasteiger partial charge is 0 e. The normalized spacial score (nSPS) is 1.64. The monoisotopic (exact) mass is 694 g/mol. The molecule has 1 atom stereocenters. The Morgan fingerprint density at radius 3 is 0.636 bits per heavy atom. The molecule has 0 aliphatic rings. The van der Waals surface area contributed by atoms with Gasteiger partial charge in [-0.25, -0.2) is 0 Å². The maximum Gasteiger partial charge on any atom is 0 e. The minimum absolute atomic E-state index is 0. The van der Waals surface area contributed by atoms with E-state index in [-0.39, 0.29) is 80.5 Å². The van der Waals surface area contributed by atoms with Gasteiger partial charge >= 0.3 is 0 Å². The number of nitrogens with two attached hydrogens (primary N) is 2. The molecular weight excluding hydrogens is 671 g/mol. The van der Waals surface area contributed by atoms with Crippen molar-refractivity contribution in [1.82, 2.24) is 0 Å². The largest absolute Gasteiger partial charge is 0.333 e. The van der Waals surface area contributed by atoms with Crippen LogP contribution in [-0.2, 0) is 63.2 Å². The summed E-state index contributed by atoms with van der Waals surface area (Å²) in [5.74, 6) is 0. The summed E-state index contributed by atoms with van der Waals surface area (Å²) in [4.78, 5) is 0. The first-order valence-corrected chi connectivity index (χ1v) is 2.15. The molecule has 76 valence electrons. The predicted molar refractivity (Wildman–Crippen MR) is 49.4 cm³/mol. The van der Waals surface area contributed by atoms with Gasteiger partial charge in [0.1, 0.15) is 0 Å². The minimum atomic E-state index is 0. The molecule has 0 saturated carbocycles. The van der Waals surface area contributed by atoms with Crippen molar-refractivity contribution in [3.05, 3.63) is 0 Å². The van der Waals surface area contributed by atoms with Crippen molar-refractivity contribution in [3.8, 4) is 0 Å². The van der Waals surface area contributed by atoms with Crippen LogP contribution in [-0.4, -0.2) is 14.1 Å². The van der Waals surface area contributed by atoms with Gasteiger partial charge in [0.25, 0.3) is 0 Å². The second kappa shape index (κ2) is 277. The van der Waals surface area contributed by atoms with Crippen molar-refractivity contribution in [2.24, 2.45) is 11.5 Å². The molecule has 11 heavy (non-hydrogen) atoms. The molecule has 0 aromatic carbocycles. The van der Waals surface area contributed by atoms with Gasteiger partial charge in [-0.15, -0.1) is 0 Å². The molecule has 0 amide bonds. The molecule has 0 rings (SSSR count). The van der Waals surface area contributed by atoms with E-state index in [1.165, 1.54) is 14.1 Å². The number of rotatable bonds is 0. The van der Waals surface area contributed by atoms with E-state index in [0.29, 0.717) is 0 Å². The van der Waals surface area contributed by atoms with E-state index >= 15 is 0 Å². The third kappa shape index (κ3) is 231. The van der Waals surface area contributed by atoms with Gasteiger partial charge in [-0.2, -0.15) is 9.90 Å². The van der Waals surface area contributed by atoms with Gasteiger partial charge in [-0.05, 0) is 14.1 Å². The molecule has 0 aromatic heterocycles. The quantitative estimate of drug-likeness (QED) is 0.371. The van der Waals surface area contributed by atoms with Crippen LogP contribution in [0.5, 0.6) is 0 Å². The molecule has 0 bridgehead atoms. The van der Waals surface area contributed by atoms with E-state index in [2.05, 4.69) is 11.5 Å². The van der Waals surface area contributed by atoms with Crippen LogP contribution in [0.1, 0.15) is 21.3 Å². The SMILES string of the molecule is C.CC.CN.CN.P.[W].[W].[W]. The average Bonchev–Trinajstić information content (AvgIpc) is 1.81. The summed E-state index contributed by atoms with van der Waals surface area (Å²) in [6.07, 6.45) is 0. The molecule has 0 heterocycles. The van der Waals surface area contributed by atoms with Crippen LogP contribution in [0.15, 0.2) is 0 Å². The Balaban J connectivity index is -0.00000000167. The van der Waals surface area contributed by atoms with Gasteiger partial charge in [0, 0.05) is 63.2 Å². The van der Waals surface area contributed by atoms with Crippen molar-refractivity contribution in [2.45, 2.75) is 21.3 Å². The summed E-state index contributed by atoms with van der Waals surface area (Å²) in [5, 5.41) is 0. The van der Waals surface area contributed by atoms with Gasteiger partial charge in [0.15, 0.2) is 0 Å². The van der Waals surface area contributed by atoms with E-state index in [9.17, 15) is 0 Å². The van der Waals surface area contributed by atoms with Crippen molar-refractivity contribution in [3.63, 3.8) is 0 Å². The molecule has 0 aliphatic heterocycles. The van der Waals surface area contributed by atoms with E-state index < -0.39 is 0 Å². The molecule has 0 fully saturated rings. The molecule has 0 aromatic rings. The third-order valence-electron chi connectivity index (χ3n) is 0. The van der Waals surface area contributed by atoms with Gasteiger partial charge in [0.05, 0.1) is 0 Å². The second-order valence-corrected chi connectivity index (χ2v) is 0. The first kappa shape index (κ1) is 70.5. The molecule has 6 heteroatoms. The zero-order chi connectivity index (χ0) is 6.00. The maximum atomic E-state index is 4.50. The van der Waals surface area contributed by atoms with Crippen molar-refractivity contribution in [1.29, 1.82) is 0 Å². The predicted octanol–water partition coefficient (Wildman–Crippen LogP) is 0.863. The Kier molecular flexibility index (Phi) is 1780. The van der Waals surface area contributed by atoms with E-state index in [4.69, 9.17) is 0 Å². The first-order chi connectivity index (χ1) is 3.00. The van der Waals surface area contributed by atoms with E-state index in [1.807, 2.05) is 13.8 Å². The van der Waals surface area contributed by atoms with Crippen LogP contribution in [0.2, 0.25) is 0 Å². The summed E-state index contributed by atoms with van der Waals surface area (Å²) in [6, 6.07) is 0. The Bertz CT molecular complexity index is 19.7. The summed E-state index contributed by atoms with van der Waals surface area (Å²) in [7, 11) is 3.00. The maximum absolute atomic E-state index is 4.50. The topological polar surface area (TPSA) is 52.0 Å². The first-order valence-electron chi connectivity index (χ1n) is 2.15. The van der Waals surface area contributed by atoms with Crippen LogP contribution in [0.3, 0.4) is 0 Å². The van der Waals surface area contributed by atoms with Gasteiger partial charge in [0.2, 0.25) is 0 Å². The fraction of sp³-hybridized carbons (Fsp3) is 1.00. The Morgan fingerprint density at radius 2 is 0.636 bits per heavy atom. The van der Waals surface area contributed by atoms with E-state index in [0.717, 1.165) is 0 Å². The molecule has 1 unspecified atom stereocenters. The molecule has 4 N–H and O–H groups in total. The second-order valence-electron chi connectivity index (χ2n) is 0. The Labute approximate surface area is 119 Å². The van der Waals surface area contributed by atoms with Crippen molar-refractivity contribution >= 4 is 9.90 Å². The Morgan fingerprint density at radius 1 is 0.636 bits per heavy atom. The molecule has 0 saturated heterocycles. The fourth-order valence-electron chi connectivity index (χ4n) is 0. The molecule has 0 spiro atoms. The van der Waals surface area contributed by atoms with Crippen LogP contribution in [0, 0.1) is 0 Å². The third-order valence-corrected chi connectivity index (χ3v) is 0. The number of hydrogen-bond acceptors (Lipinski definition) is 2. The number of hydrogen-bond donors (Lipinski definition) is 2. The van der Waals surface area contributed by atoms with Crippen LogP contribution < -0.4 is 11.5 Å². The molecular formula is C5H23N2PW3. The van der Waals surface area contributed by atoms with Crippen LogP contribution in [0.25, 0.3) is 0 Å².